The van der Waals surface area contributed by atoms with E-state index in [1.807, 2.05) is 19.1 Å². The highest BCUT2D eigenvalue weighted by atomic mass is 79.9. The van der Waals surface area contributed by atoms with E-state index in [2.05, 4.69) is 21.2 Å². The van der Waals surface area contributed by atoms with Gasteiger partial charge in [0.15, 0.2) is 6.61 Å². The van der Waals surface area contributed by atoms with Gasteiger partial charge in [0.1, 0.15) is 15.6 Å². The molecule has 0 saturated heterocycles. The fraction of sp³-hybridized carbons (Fsp3) is 0.261. The van der Waals surface area contributed by atoms with Crippen LogP contribution in [0.15, 0.2) is 62.8 Å². The second kappa shape index (κ2) is 9.14. The van der Waals surface area contributed by atoms with Gasteiger partial charge in [-0.15, -0.1) is 11.3 Å². The van der Waals surface area contributed by atoms with Gasteiger partial charge in [0, 0.05) is 9.35 Å². The molecule has 2 aromatic carbocycles. The molecule has 0 atom stereocenters. The van der Waals surface area contributed by atoms with Crippen molar-refractivity contribution >= 4 is 48.0 Å². The number of fused-ring (bicyclic) bond motifs is 1. The monoisotopic (exact) mass is 519 g/mol. The first-order valence-corrected chi connectivity index (χ1v) is 13.1. The zero-order valence-electron chi connectivity index (χ0n) is 17.0. The molecule has 162 valence electrons. The maximum Gasteiger partial charge on any atom is 0.262 e. The minimum absolute atomic E-state index is 0.205. The quantitative estimate of drug-likeness (QED) is 0.463. The van der Waals surface area contributed by atoms with Crippen LogP contribution in [0.3, 0.4) is 0 Å². The lowest BCUT2D eigenvalue weighted by molar-refractivity contribution is -0.118. The van der Waals surface area contributed by atoms with Crippen LogP contribution in [-0.2, 0) is 27.5 Å². The average molecular weight is 520 g/mol. The number of carbonyl (C=O) groups is 1. The van der Waals surface area contributed by atoms with Crippen molar-refractivity contribution < 1.29 is 17.9 Å². The Hall–Kier alpha value is -2.16. The van der Waals surface area contributed by atoms with Gasteiger partial charge in [-0.2, -0.15) is 0 Å². The highest BCUT2D eigenvalue weighted by Gasteiger charge is 2.31. The molecule has 0 fully saturated rings. The van der Waals surface area contributed by atoms with Crippen LogP contribution in [0.4, 0.5) is 5.00 Å². The molecule has 0 unspecified atom stereocenters. The van der Waals surface area contributed by atoms with E-state index >= 15 is 0 Å². The summed E-state index contributed by atoms with van der Waals surface area (Å²) in [4.78, 5) is 14.1. The molecule has 1 aromatic heterocycles. The average Bonchev–Trinajstić information content (AvgIpc) is 3.11. The van der Waals surface area contributed by atoms with E-state index in [1.165, 1.54) is 11.3 Å². The van der Waals surface area contributed by atoms with Crippen molar-refractivity contribution in [2.75, 3.05) is 11.9 Å². The van der Waals surface area contributed by atoms with Crippen molar-refractivity contribution in [2.45, 2.75) is 42.4 Å². The number of halogens is 1. The second-order valence-corrected chi connectivity index (χ2v) is 11.4. The molecule has 1 N–H and O–H groups in total. The van der Waals surface area contributed by atoms with E-state index in [0.717, 1.165) is 39.7 Å². The number of hydrogen-bond acceptors (Lipinski definition) is 5. The minimum Gasteiger partial charge on any atom is -0.484 e. The SMILES string of the molecule is Cc1ccc(S(=O)(=O)c2c(NC(=O)COc3cccc(Br)c3)sc3c2CCCC3)cc1. The van der Waals surface area contributed by atoms with E-state index in [4.69, 9.17) is 4.74 Å². The first kappa shape index (κ1) is 22.0. The smallest absolute Gasteiger partial charge is 0.262 e. The number of amides is 1. The summed E-state index contributed by atoms with van der Waals surface area (Å²) in [7, 11) is -3.75. The van der Waals surface area contributed by atoms with Crippen LogP contribution in [0.1, 0.15) is 28.8 Å². The van der Waals surface area contributed by atoms with Gasteiger partial charge in [0.25, 0.3) is 5.91 Å². The third-order valence-electron chi connectivity index (χ3n) is 5.14. The van der Waals surface area contributed by atoms with E-state index in [9.17, 15) is 13.2 Å². The fourth-order valence-electron chi connectivity index (χ4n) is 3.61. The molecule has 0 spiro atoms. The van der Waals surface area contributed by atoms with Crippen molar-refractivity contribution in [1.29, 1.82) is 0 Å². The Labute approximate surface area is 194 Å². The molecule has 5 nitrogen and oxygen atoms in total. The Bertz CT molecular complexity index is 1220. The zero-order chi connectivity index (χ0) is 22.0. The Morgan fingerprint density at radius 2 is 1.87 bits per heavy atom. The zero-order valence-corrected chi connectivity index (χ0v) is 20.2. The molecular formula is C23H22BrNO4S2. The van der Waals surface area contributed by atoms with Gasteiger partial charge in [-0.25, -0.2) is 8.42 Å². The molecule has 1 heterocycles. The summed E-state index contributed by atoms with van der Waals surface area (Å²) >= 11 is 4.73. The molecule has 31 heavy (non-hydrogen) atoms. The summed E-state index contributed by atoms with van der Waals surface area (Å²) in [5, 5.41) is 3.19. The van der Waals surface area contributed by atoms with Gasteiger partial charge in [0.05, 0.1) is 4.90 Å². The topological polar surface area (TPSA) is 72.5 Å². The summed E-state index contributed by atoms with van der Waals surface area (Å²) in [6, 6.07) is 14.0. The molecule has 4 rings (SSSR count). The molecular weight excluding hydrogens is 498 g/mol. The van der Waals surface area contributed by atoms with Gasteiger partial charge in [-0.05, 0) is 68.5 Å². The van der Waals surface area contributed by atoms with Crippen LogP contribution in [0.2, 0.25) is 0 Å². The maximum absolute atomic E-state index is 13.5. The van der Waals surface area contributed by atoms with Crippen LogP contribution in [0.5, 0.6) is 5.75 Å². The van der Waals surface area contributed by atoms with Crippen LogP contribution >= 0.6 is 27.3 Å². The van der Waals surface area contributed by atoms with E-state index in [0.29, 0.717) is 17.2 Å². The summed E-state index contributed by atoms with van der Waals surface area (Å²) in [5.41, 5.74) is 1.84. The Kier molecular flexibility index (Phi) is 6.50. The Morgan fingerprint density at radius 3 is 2.61 bits per heavy atom. The van der Waals surface area contributed by atoms with Crippen molar-refractivity contribution in [3.05, 3.63) is 69.0 Å². The number of ether oxygens (including phenoxy) is 1. The highest BCUT2D eigenvalue weighted by Crippen LogP contribution is 2.43. The normalized spacial score (nSPS) is 13.5. The summed E-state index contributed by atoms with van der Waals surface area (Å²) in [6.07, 6.45) is 3.51. The van der Waals surface area contributed by atoms with Gasteiger partial charge in [0.2, 0.25) is 9.84 Å². The Morgan fingerprint density at radius 1 is 1.13 bits per heavy atom. The number of thiophene rings is 1. The third kappa shape index (κ3) is 4.86. The van der Waals surface area contributed by atoms with E-state index < -0.39 is 9.84 Å². The molecule has 8 heteroatoms. The fourth-order valence-corrected chi connectivity index (χ4v) is 7.28. The lowest BCUT2D eigenvalue weighted by Crippen LogP contribution is -2.21. The summed E-state index contributed by atoms with van der Waals surface area (Å²) < 4.78 is 33.4. The minimum atomic E-state index is -3.75. The molecule has 0 radical (unpaired) electrons. The third-order valence-corrected chi connectivity index (χ3v) is 8.85. The number of anilines is 1. The number of hydrogen-bond donors (Lipinski definition) is 1. The number of benzene rings is 2. The largest absolute Gasteiger partial charge is 0.484 e. The number of aryl methyl sites for hydroxylation is 2. The standard InChI is InChI=1S/C23H22BrNO4S2/c1-15-9-11-18(12-10-15)31(27,28)22-19-7-2-3-8-20(19)30-23(22)25-21(26)14-29-17-6-4-5-16(24)13-17/h4-6,9-13H,2-3,7-8,14H2,1H3,(H,25,26). The van der Waals surface area contributed by atoms with Crippen LogP contribution < -0.4 is 10.1 Å². The van der Waals surface area contributed by atoms with Crippen LogP contribution in [-0.4, -0.2) is 20.9 Å². The molecule has 1 amide bonds. The summed E-state index contributed by atoms with van der Waals surface area (Å²) in [5.74, 6) is 0.168. The Balaban J connectivity index is 1.62. The molecule has 0 bridgehead atoms. The van der Waals surface area contributed by atoms with Gasteiger partial charge >= 0.3 is 0 Å². The highest BCUT2D eigenvalue weighted by molar-refractivity contribution is 9.10. The van der Waals surface area contributed by atoms with Crippen molar-refractivity contribution in [3.8, 4) is 5.75 Å². The lowest BCUT2D eigenvalue weighted by atomic mass is 9.99. The maximum atomic E-state index is 13.5. The molecule has 1 aliphatic carbocycles. The van der Waals surface area contributed by atoms with Crippen LogP contribution in [0, 0.1) is 6.92 Å². The molecule has 0 saturated carbocycles. The summed E-state index contributed by atoms with van der Waals surface area (Å²) in [6.45, 7) is 1.71. The van der Waals surface area contributed by atoms with E-state index in [-0.39, 0.29) is 22.3 Å². The lowest BCUT2D eigenvalue weighted by Gasteiger charge is -2.14. The van der Waals surface area contributed by atoms with Gasteiger partial charge in [-0.3, -0.25) is 4.79 Å². The predicted octanol–water partition coefficient (Wildman–Crippen LogP) is 5.55. The second-order valence-electron chi connectivity index (χ2n) is 7.48. The van der Waals surface area contributed by atoms with Gasteiger partial charge in [-0.1, -0.05) is 39.7 Å². The number of carbonyl (C=O) groups excluding carboxylic acids is 1. The first-order chi connectivity index (χ1) is 14.8. The molecule has 0 aliphatic heterocycles. The number of sulfone groups is 1. The molecule has 1 aliphatic rings. The van der Waals surface area contributed by atoms with E-state index in [1.54, 1.807) is 36.4 Å². The van der Waals surface area contributed by atoms with Gasteiger partial charge < -0.3 is 10.1 Å². The van der Waals surface area contributed by atoms with Crippen molar-refractivity contribution in [3.63, 3.8) is 0 Å². The first-order valence-electron chi connectivity index (χ1n) is 9.99. The number of nitrogens with one attached hydrogen (secondary N) is 1. The number of rotatable bonds is 6. The van der Waals surface area contributed by atoms with Crippen molar-refractivity contribution in [1.82, 2.24) is 0 Å². The van der Waals surface area contributed by atoms with Crippen LogP contribution in [0.25, 0.3) is 0 Å². The molecule has 3 aromatic rings. The predicted molar refractivity (Wildman–Crippen MR) is 126 cm³/mol. The van der Waals surface area contributed by atoms with Crippen molar-refractivity contribution in [2.24, 2.45) is 0 Å².